The van der Waals surface area contributed by atoms with Crippen LogP contribution in [0.3, 0.4) is 0 Å². The molecule has 1 aromatic carbocycles. The number of halogens is 3. The number of hydrogen-bond acceptors (Lipinski definition) is 4. The van der Waals surface area contributed by atoms with Gasteiger partial charge in [0, 0.05) is 12.1 Å². The molecule has 1 heterocycles. The number of hydrogen-bond donors (Lipinski definition) is 2. The summed E-state index contributed by atoms with van der Waals surface area (Å²) in [5.74, 6) is 0.0769. The Hall–Kier alpha value is -2.64. The van der Waals surface area contributed by atoms with Crippen molar-refractivity contribution in [3.63, 3.8) is 0 Å². The van der Waals surface area contributed by atoms with Crippen molar-refractivity contribution in [2.45, 2.75) is 39.4 Å². The minimum atomic E-state index is -4.56. The van der Waals surface area contributed by atoms with Gasteiger partial charge in [0.25, 0.3) is 5.91 Å². The Balaban J connectivity index is 2.28. The van der Waals surface area contributed by atoms with Crippen LogP contribution in [0.2, 0.25) is 0 Å². The molecule has 0 saturated heterocycles. The fourth-order valence-corrected chi connectivity index (χ4v) is 2.14. The number of aryl methyl sites for hydroxylation is 1. The summed E-state index contributed by atoms with van der Waals surface area (Å²) in [4.78, 5) is 20.6. The monoisotopic (exact) mass is 352 g/mol. The van der Waals surface area contributed by atoms with Gasteiger partial charge >= 0.3 is 6.18 Å². The number of carbonyl (C=O) groups excluding carboxylic acids is 1. The molecule has 0 aliphatic heterocycles. The maximum absolute atomic E-state index is 13.0. The molecule has 0 aliphatic rings. The van der Waals surface area contributed by atoms with E-state index in [1.165, 1.54) is 24.3 Å². The second kappa shape index (κ2) is 7.50. The van der Waals surface area contributed by atoms with Gasteiger partial charge in [-0.2, -0.15) is 13.2 Å². The van der Waals surface area contributed by atoms with Crippen LogP contribution in [0.15, 0.2) is 30.3 Å². The summed E-state index contributed by atoms with van der Waals surface area (Å²) in [5, 5.41) is 5.39. The van der Waals surface area contributed by atoms with Crippen molar-refractivity contribution in [2.75, 3.05) is 10.6 Å². The molecular formula is C17H19F3N4O. The third-order valence-corrected chi connectivity index (χ3v) is 3.56. The van der Waals surface area contributed by atoms with E-state index in [2.05, 4.69) is 20.6 Å². The summed E-state index contributed by atoms with van der Waals surface area (Å²) in [7, 11) is 0. The molecule has 0 aliphatic carbocycles. The first-order valence-electron chi connectivity index (χ1n) is 7.80. The smallest absolute Gasteiger partial charge is 0.368 e. The van der Waals surface area contributed by atoms with E-state index in [0.717, 1.165) is 12.5 Å². The van der Waals surface area contributed by atoms with Crippen molar-refractivity contribution in [1.29, 1.82) is 0 Å². The number of carbonyl (C=O) groups is 1. The zero-order valence-corrected chi connectivity index (χ0v) is 14.1. The van der Waals surface area contributed by atoms with Crippen LogP contribution in [0.25, 0.3) is 0 Å². The highest BCUT2D eigenvalue weighted by Gasteiger charge is 2.33. The van der Waals surface area contributed by atoms with Crippen molar-refractivity contribution >= 4 is 17.4 Å². The molecule has 0 spiro atoms. The first kappa shape index (κ1) is 18.7. The number of benzene rings is 1. The van der Waals surface area contributed by atoms with Crippen LogP contribution in [0.1, 0.15) is 42.1 Å². The molecule has 134 valence electrons. The molecule has 2 aromatic rings. The van der Waals surface area contributed by atoms with Gasteiger partial charge in [-0.05, 0) is 32.4 Å². The second-order valence-corrected chi connectivity index (χ2v) is 5.64. The van der Waals surface area contributed by atoms with E-state index >= 15 is 0 Å². The molecule has 1 atom stereocenters. The Kier molecular flexibility index (Phi) is 5.61. The predicted octanol–water partition coefficient (Wildman–Crippen LogP) is 4.27. The van der Waals surface area contributed by atoms with Gasteiger partial charge in [-0.1, -0.05) is 19.1 Å². The fraction of sp³-hybridized carbons (Fsp3) is 0.353. The lowest BCUT2D eigenvalue weighted by Gasteiger charge is -2.15. The molecule has 1 aromatic heterocycles. The molecule has 1 unspecified atom stereocenters. The van der Waals surface area contributed by atoms with Gasteiger partial charge in [0.05, 0.1) is 11.3 Å². The lowest BCUT2D eigenvalue weighted by atomic mass is 10.1. The Bertz CT molecular complexity index is 762. The fourth-order valence-electron chi connectivity index (χ4n) is 2.14. The molecule has 8 heteroatoms. The van der Waals surface area contributed by atoms with Gasteiger partial charge in [0.15, 0.2) is 0 Å². The zero-order valence-electron chi connectivity index (χ0n) is 14.1. The van der Waals surface area contributed by atoms with Crippen molar-refractivity contribution in [1.82, 2.24) is 9.97 Å². The van der Waals surface area contributed by atoms with Crippen molar-refractivity contribution in [3.05, 3.63) is 47.4 Å². The molecule has 2 rings (SSSR count). The Morgan fingerprint density at radius 3 is 2.56 bits per heavy atom. The molecule has 0 fully saturated rings. The summed E-state index contributed by atoms with van der Waals surface area (Å²) in [6.45, 7) is 5.56. The number of amides is 1. The number of nitrogens with one attached hydrogen (secondary N) is 2. The number of nitrogens with zero attached hydrogens (tertiary/aromatic N) is 2. The summed E-state index contributed by atoms with van der Waals surface area (Å²) >= 11 is 0. The average Bonchev–Trinajstić information content (AvgIpc) is 2.53. The molecule has 0 saturated carbocycles. The predicted molar refractivity (Wildman–Crippen MR) is 89.5 cm³/mol. The number of rotatable bonds is 5. The molecule has 0 bridgehead atoms. The third-order valence-electron chi connectivity index (χ3n) is 3.56. The molecule has 0 radical (unpaired) electrons. The van der Waals surface area contributed by atoms with E-state index in [1.807, 2.05) is 13.8 Å². The zero-order chi connectivity index (χ0) is 18.6. The van der Waals surface area contributed by atoms with Gasteiger partial charge in [-0.25, -0.2) is 9.97 Å². The lowest BCUT2D eigenvalue weighted by Crippen LogP contribution is -2.20. The molecule has 5 nitrogen and oxygen atoms in total. The van der Waals surface area contributed by atoms with E-state index in [4.69, 9.17) is 0 Å². The van der Waals surface area contributed by atoms with E-state index < -0.39 is 17.6 Å². The number of alkyl halides is 3. The molecule has 1 amide bonds. The van der Waals surface area contributed by atoms with Gasteiger partial charge in [-0.15, -0.1) is 0 Å². The van der Waals surface area contributed by atoms with Crippen molar-refractivity contribution < 1.29 is 18.0 Å². The highest BCUT2D eigenvalue weighted by molar-refractivity contribution is 6.03. The standard InChI is InChI=1S/C17H19F3N4O/c1-4-10(2)21-15-9-14(22-11(3)23-15)16(25)24-13-8-6-5-7-12(13)17(18,19)20/h5-10H,4H2,1-3H3,(H,24,25)(H,21,22,23). The summed E-state index contributed by atoms with van der Waals surface area (Å²) in [5.41, 5.74) is -1.23. The molecule has 2 N–H and O–H groups in total. The van der Waals surface area contributed by atoms with Crippen molar-refractivity contribution in [2.24, 2.45) is 0 Å². The Morgan fingerprint density at radius 1 is 1.24 bits per heavy atom. The second-order valence-electron chi connectivity index (χ2n) is 5.64. The number of para-hydroxylation sites is 1. The maximum atomic E-state index is 13.0. The first-order valence-corrected chi connectivity index (χ1v) is 7.80. The van der Waals surface area contributed by atoms with Gasteiger partial charge in [0.1, 0.15) is 17.3 Å². The largest absolute Gasteiger partial charge is 0.418 e. The molecular weight excluding hydrogens is 333 g/mol. The van der Waals surface area contributed by atoms with E-state index in [9.17, 15) is 18.0 Å². The minimum absolute atomic E-state index is 0.00437. The lowest BCUT2D eigenvalue weighted by molar-refractivity contribution is -0.136. The van der Waals surface area contributed by atoms with Crippen LogP contribution in [0.4, 0.5) is 24.7 Å². The number of anilines is 2. The van der Waals surface area contributed by atoms with Crippen LogP contribution in [0, 0.1) is 6.92 Å². The highest BCUT2D eigenvalue weighted by Crippen LogP contribution is 2.34. The van der Waals surface area contributed by atoms with Gasteiger partial charge < -0.3 is 10.6 Å². The quantitative estimate of drug-likeness (QED) is 0.843. The van der Waals surface area contributed by atoms with Crippen LogP contribution < -0.4 is 10.6 Å². The van der Waals surface area contributed by atoms with E-state index in [0.29, 0.717) is 11.6 Å². The summed E-state index contributed by atoms with van der Waals surface area (Å²) < 4.78 is 39.1. The normalized spacial score (nSPS) is 12.6. The topological polar surface area (TPSA) is 66.9 Å². The summed E-state index contributed by atoms with van der Waals surface area (Å²) in [6, 6.07) is 6.36. The minimum Gasteiger partial charge on any atom is -0.368 e. The maximum Gasteiger partial charge on any atom is 0.418 e. The molecule has 25 heavy (non-hydrogen) atoms. The highest BCUT2D eigenvalue weighted by atomic mass is 19.4. The van der Waals surface area contributed by atoms with Crippen LogP contribution in [-0.4, -0.2) is 21.9 Å². The Morgan fingerprint density at radius 2 is 1.92 bits per heavy atom. The summed E-state index contributed by atoms with van der Waals surface area (Å²) in [6.07, 6.45) is -3.71. The van der Waals surface area contributed by atoms with E-state index in [-0.39, 0.29) is 17.4 Å². The van der Waals surface area contributed by atoms with Crippen molar-refractivity contribution in [3.8, 4) is 0 Å². The Labute approximate surface area is 143 Å². The van der Waals surface area contributed by atoms with Crippen LogP contribution >= 0.6 is 0 Å². The average molecular weight is 352 g/mol. The number of aromatic nitrogens is 2. The van der Waals surface area contributed by atoms with Gasteiger partial charge in [0.2, 0.25) is 0 Å². The van der Waals surface area contributed by atoms with E-state index in [1.54, 1.807) is 6.92 Å². The first-order chi connectivity index (χ1) is 11.7. The van der Waals surface area contributed by atoms with Crippen LogP contribution in [-0.2, 0) is 6.18 Å². The van der Waals surface area contributed by atoms with Gasteiger partial charge in [-0.3, -0.25) is 4.79 Å². The third kappa shape index (κ3) is 4.91. The van der Waals surface area contributed by atoms with Crippen LogP contribution in [0.5, 0.6) is 0 Å². The SMILES string of the molecule is CCC(C)Nc1cc(C(=O)Nc2ccccc2C(F)(F)F)nc(C)n1.